The summed E-state index contributed by atoms with van der Waals surface area (Å²) in [5, 5.41) is 0. The average Bonchev–Trinajstić information content (AvgIpc) is 2.47. The Morgan fingerprint density at radius 2 is 2.05 bits per heavy atom. The second-order valence-corrected chi connectivity index (χ2v) is 5.89. The van der Waals surface area contributed by atoms with Crippen molar-refractivity contribution in [1.29, 1.82) is 0 Å². The van der Waals surface area contributed by atoms with Gasteiger partial charge in [-0.3, -0.25) is 4.79 Å². The molecule has 0 spiro atoms. The van der Waals surface area contributed by atoms with Crippen LogP contribution in [-0.2, 0) is 4.79 Å². The number of rotatable bonds is 4. The normalized spacial score (nSPS) is 16.2. The Labute approximate surface area is 124 Å². The summed E-state index contributed by atoms with van der Waals surface area (Å²) in [5.41, 5.74) is 6.60. The smallest absolute Gasteiger partial charge is 0.233 e. The second-order valence-electron chi connectivity index (χ2n) is 4.88. The first-order valence-electron chi connectivity index (χ1n) is 6.63. The van der Waals surface area contributed by atoms with E-state index in [-0.39, 0.29) is 5.91 Å². The summed E-state index contributed by atoms with van der Waals surface area (Å²) in [6.07, 6.45) is 0. The summed E-state index contributed by atoms with van der Waals surface area (Å²) in [6.45, 7) is 3.50. The van der Waals surface area contributed by atoms with Crippen molar-refractivity contribution in [3.8, 4) is 5.75 Å². The Morgan fingerprint density at radius 1 is 1.35 bits per heavy atom. The zero-order chi connectivity index (χ0) is 14.5. The molecule has 6 heteroatoms. The highest BCUT2D eigenvalue weighted by atomic mass is 32.2. The predicted octanol–water partition coefficient (Wildman–Crippen LogP) is 1.14. The first-order chi connectivity index (χ1) is 9.60. The molecule has 0 bridgehead atoms. The van der Waals surface area contributed by atoms with Crippen LogP contribution in [0.15, 0.2) is 23.1 Å². The molecule has 5 nitrogen and oxygen atoms in total. The topological polar surface area (TPSA) is 58.8 Å². The molecule has 0 aliphatic carbocycles. The molecule has 0 radical (unpaired) electrons. The highest BCUT2D eigenvalue weighted by Crippen LogP contribution is 2.29. The monoisotopic (exact) mass is 295 g/mol. The molecular weight excluding hydrogens is 274 g/mol. The van der Waals surface area contributed by atoms with Crippen molar-refractivity contribution in [3.05, 3.63) is 18.2 Å². The van der Waals surface area contributed by atoms with E-state index >= 15 is 0 Å². The van der Waals surface area contributed by atoms with E-state index < -0.39 is 0 Å². The van der Waals surface area contributed by atoms with Crippen LogP contribution in [0.3, 0.4) is 0 Å². The number of thioether (sulfide) groups is 1. The molecule has 1 fully saturated rings. The lowest BCUT2D eigenvalue weighted by molar-refractivity contribution is -0.129. The lowest BCUT2D eigenvalue weighted by Gasteiger charge is -2.32. The SMILES string of the molecule is COc1ccc(N)c(SCC(=O)N2CCN(C)CC2)c1. The van der Waals surface area contributed by atoms with Gasteiger partial charge in [0.25, 0.3) is 0 Å². The lowest BCUT2D eigenvalue weighted by Crippen LogP contribution is -2.47. The van der Waals surface area contributed by atoms with E-state index in [0.29, 0.717) is 11.4 Å². The van der Waals surface area contributed by atoms with Crippen LogP contribution in [0.25, 0.3) is 0 Å². The van der Waals surface area contributed by atoms with Gasteiger partial charge in [-0.05, 0) is 25.2 Å². The first-order valence-corrected chi connectivity index (χ1v) is 7.61. The Morgan fingerprint density at radius 3 is 2.70 bits per heavy atom. The Balaban J connectivity index is 1.90. The molecule has 110 valence electrons. The number of likely N-dealkylation sites (N-methyl/N-ethyl adjacent to an activating group) is 1. The van der Waals surface area contributed by atoms with Crippen molar-refractivity contribution in [2.24, 2.45) is 0 Å². The van der Waals surface area contributed by atoms with E-state index in [9.17, 15) is 4.79 Å². The van der Waals surface area contributed by atoms with Gasteiger partial charge >= 0.3 is 0 Å². The van der Waals surface area contributed by atoms with Crippen molar-refractivity contribution in [2.45, 2.75) is 4.90 Å². The van der Waals surface area contributed by atoms with Gasteiger partial charge in [0.1, 0.15) is 5.75 Å². The number of carbonyl (C=O) groups is 1. The maximum absolute atomic E-state index is 12.2. The van der Waals surface area contributed by atoms with Crippen LogP contribution >= 0.6 is 11.8 Å². The predicted molar refractivity (Wildman–Crippen MR) is 82.2 cm³/mol. The maximum atomic E-state index is 12.2. The zero-order valence-electron chi connectivity index (χ0n) is 12.0. The van der Waals surface area contributed by atoms with Crippen molar-refractivity contribution in [2.75, 3.05) is 51.8 Å². The van der Waals surface area contributed by atoms with E-state index in [4.69, 9.17) is 10.5 Å². The van der Waals surface area contributed by atoms with E-state index in [0.717, 1.165) is 36.8 Å². The number of piperazine rings is 1. The molecular formula is C14H21N3O2S. The standard InChI is InChI=1S/C14H21N3O2S/c1-16-5-7-17(8-6-16)14(18)10-20-13-9-11(19-2)3-4-12(13)15/h3-4,9H,5-8,10,15H2,1-2H3. The fraction of sp³-hybridized carbons (Fsp3) is 0.500. The minimum absolute atomic E-state index is 0.172. The van der Waals surface area contributed by atoms with Gasteiger partial charge in [0.2, 0.25) is 5.91 Å². The van der Waals surface area contributed by atoms with E-state index in [1.807, 2.05) is 23.1 Å². The van der Waals surface area contributed by atoms with Gasteiger partial charge in [0.05, 0.1) is 12.9 Å². The molecule has 2 rings (SSSR count). The zero-order valence-corrected chi connectivity index (χ0v) is 12.8. The molecule has 1 aromatic carbocycles. The van der Waals surface area contributed by atoms with Gasteiger partial charge in [-0.25, -0.2) is 0 Å². The van der Waals surface area contributed by atoms with Crippen LogP contribution in [0.2, 0.25) is 0 Å². The first kappa shape index (κ1) is 15.0. The molecule has 0 saturated carbocycles. The minimum atomic E-state index is 0.172. The number of amides is 1. The molecule has 0 aromatic heterocycles. The van der Waals surface area contributed by atoms with Crippen LogP contribution < -0.4 is 10.5 Å². The fourth-order valence-corrected chi connectivity index (χ4v) is 2.95. The molecule has 20 heavy (non-hydrogen) atoms. The fourth-order valence-electron chi connectivity index (χ4n) is 2.05. The Bertz CT molecular complexity index is 473. The third-order valence-electron chi connectivity index (χ3n) is 3.43. The van der Waals surface area contributed by atoms with E-state index in [1.165, 1.54) is 11.8 Å². The van der Waals surface area contributed by atoms with Gasteiger partial charge in [-0.1, -0.05) is 0 Å². The lowest BCUT2D eigenvalue weighted by atomic mass is 10.3. The summed E-state index contributed by atoms with van der Waals surface area (Å²) in [4.78, 5) is 17.2. The highest BCUT2D eigenvalue weighted by Gasteiger charge is 2.19. The summed E-state index contributed by atoms with van der Waals surface area (Å²) in [5.74, 6) is 1.35. The number of anilines is 1. The van der Waals surface area contributed by atoms with E-state index in [2.05, 4.69) is 11.9 Å². The van der Waals surface area contributed by atoms with Crippen LogP contribution in [0.5, 0.6) is 5.75 Å². The number of carbonyl (C=O) groups excluding carboxylic acids is 1. The Kier molecular flexibility index (Phi) is 5.14. The maximum Gasteiger partial charge on any atom is 0.233 e. The van der Waals surface area contributed by atoms with Gasteiger partial charge < -0.3 is 20.3 Å². The molecule has 0 unspecified atom stereocenters. The molecule has 1 saturated heterocycles. The quantitative estimate of drug-likeness (QED) is 0.667. The highest BCUT2D eigenvalue weighted by molar-refractivity contribution is 8.00. The van der Waals surface area contributed by atoms with Crippen LogP contribution in [0.1, 0.15) is 0 Å². The number of hydrogen-bond acceptors (Lipinski definition) is 5. The summed E-state index contributed by atoms with van der Waals surface area (Å²) < 4.78 is 5.18. The van der Waals surface area contributed by atoms with Crippen LogP contribution in [0, 0.1) is 0 Å². The van der Waals surface area contributed by atoms with Crippen molar-refractivity contribution in [1.82, 2.24) is 9.80 Å². The van der Waals surface area contributed by atoms with Crippen LogP contribution in [-0.4, -0.2) is 61.8 Å². The number of nitrogens with two attached hydrogens (primary N) is 1. The van der Waals surface area contributed by atoms with Gasteiger partial charge in [0.15, 0.2) is 0 Å². The number of nitrogens with zero attached hydrogens (tertiary/aromatic N) is 2. The van der Waals surface area contributed by atoms with Crippen molar-refractivity contribution >= 4 is 23.4 Å². The van der Waals surface area contributed by atoms with Gasteiger partial charge in [-0.15, -0.1) is 11.8 Å². The molecule has 1 aromatic rings. The van der Waals surface area contributed by atoms with Crippen molar-refractivity contribution in [3.63, 3.8) is 0 Å². The number of methoxy groups -OCH3 is 1. The van der Waals surface area contributed by atoms with Gasteiger partial charge in [-0.2, -0.15) is 0 Å². The largest absolute Gasteiger partial charge is 0.497 e. The minimum Gasteiger partial charge on any atom is -0.497 e. The molecule has 1 heterocycles. The third-order valence-corrected chi connectivity index (χ3v) is 4.48. The molecule has 2 N–H and O–H groups in total. The van der Waals surface area contributed by atoms with Crippen molar-refractivity contribution < 1.29 is 9.53 Å². The van der Waals surface area contributed by atoms with E-state index in [1.54, 1.807) is 7.11 Å². The molecule has 1 aliphatic rings. The second kappa shape index (κ2) is 6.85. The summed E-state index contributed by atoms with van der Waals surface area (Å²) in [7, 11) is 3.70. The third kappa shape index (κ3) is 3.80. The number of hydrogen-bond donors (Lipinski definition) is 1. The number of benzene rings is 1. The number of nitrogen functional groups attached to an aromatic ring is 1. The van der Waals surface area contributed by atoms with Crippen LogP contribution in [0.4, 0.5) is 5.69 Å². The Hall–Kier alpha value is -1.40. The molecule has 1 amide bonds. The number of ether oxygens (including phenoxy) is 1. The molecule has 1 aliphatic heterocycles. The average molecular weight is 295 g/mol. The molecule has 0 atom stereocenters. The summed E-state index contributed by atoms with van der Waals surface area (Å²) >= 11 is 1.47. The van der Waals surface area contributed by atoms with Gasteiger partial charge in [0, 0.05) is 36.8 Å². The summed E-state index contributed by atoms with van der Waals surface area (Å²) in [6, 6.07) is 5.50.